The van der Waals surface area contributed by atoms with Crippen LogP contribution in [0, 0.1) is 23.2 Å². The monoisotopic (exact) mass is 325 g/mol. The molecular formula is C18H31NO4. The van der Waals surface area contributed by atoms with Crippen LogP contribution in [-0.4, -0.2) is 12.4 Å². The number of carbonyl (C=O) groups is 1. The highest BCUT2D eigenvalue weighted by atomic mass is 17.2. The Hall–Kier alpha value is -1.49. The third kappa shape index (κ3) is 5.90. The van der Waals surface area contributed by atoms with E-state index in [1.807, 2.05) is 6.08 Å². The summed E-state index contributed by atoms with van der Waals surface area (Å²) in [7, 11) is 0. The number of amides is 1. The number of allylic oxidation sites excluding steroid dienone is 3. The van der Waals surface area contributed by atoms with Crippen molar-refractivity contribution in [1.82, 2.24) is 0 Å². The molecule has 2 N–H and O–H groups in total. The highest BCUT2D eigenvalue weighted by Gasteiger charge is 2.35. The Morgan fingerprint density at radius 3 is 2.48 bits per heavy atom. The second-order valence-corrected chi connectivity index (χ2v) is 7.16. The molecule has 1 amide bonds. The fourth-order valence-electron chi connectivity index (χ4n) is 3.51. The normalized spacial score (nSPS) is 20.8. The van der Waals surface area contributed by atoms with Gasteiger partial charge in [-0.05, 0) is 41.7 Å². The lowest BCUT2D eigenvalue weighted by atomic mass is 9.64. The lowest BCUT2D eigenvalue weighted by Crippen LogP contribution is -2.34. The predicted octanol–water partition coefficient (Wildman–Crippen LogP) is 4.54. The summed E-state index contributed by atoms with van der Waals surface area (Å²) < 4.78 is 5.56. The maximum atomic E-state index is 10.5. The van der Waals surface area contributed by atoms with E-state index >= 15 is 0 Å². The van der Waals surface area contributed by atoms with Crippen LogP contribution < -0.4 is 5.73 Å². The van der Waals surface area contributed by atoms with Crippen molar-refractivity contribution in [1.29, 1.82) is 0 Å². The van der Waals surface area contributed by atoms with Gasteiger partial charge in [-0.3, -0.25) is 4.89 Å². The van der Waals surface area contributed by atoms with Crippen molar-refractivity contribution in [2.24, 2.45) is 28.9 Å². The first kappa shape index (κ1) is 19.6. The average Bonchev–Trinajstić information content (AvgIpc) is 2.46. The van der Waals surface area contributed by atoms with E-state index in [4.69, 9.17) is 15.4 Å². The molecule has 1 rings (SSSR count). The van der Waals surface area contributed by atoms with Gasteiger partial charge in [-0.25, -0.2) is 4.79 Å². The Morgan fingerprint density at radius 1 is 1.39 bits per heavy atom. The molecule has 0 aliphatic heterocycles. The van der Waals surface area contributed by atoms with Gasteiger partial charge in [-0.1, -0.05) is 47.1 Å². The van der Waals surface area contributed by atoms with Gasteiger partial charge in [-0.2, -0.15) is 0 Å². The van der Waals surface area contributed by atoms with E-state index < -0.39 is 12.4 Å². The maximum absolute atomic E-state index is 10.5. The first-order valence-electron chi connectivity index (χ1n) is 8.35. The molecule has 0 fully saturated rings. The number of hydrogen-bond acceptors (Lipinski definition) is 4. The molecular weight excluding hydrogens is 294 g/mol. The third-order valence-electron chi connectivity index (χ3n) is 4.66. The van der Waals surface area contributed by atoms with E-state index in [-0.39, 0.29) is 0 Å². The van der Waals surface area contributed by atoms with Crippen LogP contribution in [0.1, 0.15) is 54.4 Å². The van der Waals surface area contributed by atoms with Crippen molar-refractivity contribution >= 4 is 6.09 Å². The van der Waals surface area contributed by atoms with E-state index in [0.717, 1.165) is 18.6 Å². The minimum Gasteiger partial charge on any atom is -0.462 e. The van der Waals surface area contributed by atoms with Crippen molar-refractivity contribution < 1.29 is 19.3 Å². The smallest absolute Gasteiger partial charge is 0.436 e. The van der Waals surface area contributed by atoms with Crippen LogP contribution in [0.15, 0.2) is 24.0 Å². The van der Waals surface area contributed by atoms with Gasteiger partial charge in [0.1, 0.15) is 5.76 Å². The van der Waals surface area contributed by atoms with E-state index in [1.54, 1.807) is 6.92 Å². The SMILES string of the molecule is CCC(C)(C)C(C(C)C)C1C=CC(OC(C)OOC(N)=O)=CC1. The van der Waals surface area contributed by atoms with E-state index in [0.29, 0.717) is 23.2 Å². The lowest BCUT2D eigenvalue weighted by molar-refractivity contribution is -0.322. The van der Waals surface area contributed by atoms with Gasteiger partial charge in [0.15, 0.2) is 0 Å². The molecule has 1 aliphatic rings. The van der Waals surface area contributed by atoms with Crippen LogP contribution in [0.25, 0.3) is 0 Å². The van der Waals surface area contributed by atoms with Crippen molar-refractivity contribution in [3.05, 3.63) is 24.0 Å². The maximum Gasteiger partial charge on any atom is 0.436 e. The topological polar surface area (TPSA) is 70.8 Å². The van der Waals surface area contributed by atoms with E-state index in [2.05, 4.69) is 51.7 Å². The minimum absolute atomic E-state index is 0.293. The molecule has 23 heavy (non-hydrogen) atoms. The Kier molecular flexibility index (Phi) is 7.13. The number of primary amides is 1. The summed E-state index contributed by atoms with van der Waals surface area (Å²) in [4.78, 5) is 19.5. The molecule has 0 saturated heterocycles. The highest BCUT2D eigenvalue weighted by molar-refractivity contribution is 5.63. The van der Waals surface area contributed by atoms with Gasteiger partial charge in [0.05, 0.1) is 0 Å². The second-order valence-electron chi connectivity index (χ2n) is 7.16. The minimum atomic E-state index is -0.991. The van der Waals surface area contributed by atoms with Gasteiger partial charge >= 0.3 is 6.09 Å². The zero-order valence-corrected chi connectivity index (χ0v) is 15.2. The van der Waals surface area contributed by atoms with Crippen LogP contribution in [0.2, 0.25) is 0 Å². The molecule has 5 nitrogen and oxygen atoms in total. The Morgan fingerprint density at radius 2 is 2.04 bits per heavy atom. The van der Waals surface area contributed by atoms with E-state index in [1.165, 1.54) is 0 Å². The summed E-state index contributed by atoms with van der Waals surface area (Å²) in [6.07, 6.45) is 6.65. The molecule has 0 aromatic heterocycles. The first-order valence-corrected chi connectivity index (χ1v) is 8.35. The van der Waals surface area contributed by atoms with Gasteiger partial charge in [-0.15, -0.1) is 4.89 Å². The molecule has 132 valence electrons. The number of nitrogens with two attached hydrogens (primary N) is 1. The van der Waals surface area contributed by atoms with Crippen LogP contribution in [0.5, 0.6) is 0 Å². The lowest BCUT2D eigenvalue weighted by Gasteiger charge is -2.41. The Labute approximate surface area is 139 Å². The molecule has 0 heterocycles. The van der Waals surface area contributed by atoms with Crippen molar-refractivity contribution in [3.63, 3.8) is 0 Å². The van der Waals surface area contributed by atoms with Gasteiger partial charge in [0, 0.05) is 6.92 Å². The van der Waals surface area contributed by atoms with Gasteiger partial charge in [0.2, 0.25) is 6.29 Å². The molecule has 0 aromatic carbocycles. The molecule has 0 radical (unpaired) electrons. The first-order chi connectivity index (χ1) is 10.7. The summed E-state index contributed by atoms with van der Waals surface area (Å²) >= 11 is 0. The zero-order chi connectivity index (χ0) is 17.6. The zero-order valence-electron chi connectivity index (χ0n) is 15.2. The molecule has 0 saturated carbocycles. The van der Waals surface area contributed by atoms with Crippen LogP contribution in [0.3, 0.4) is 0 Å². The van der Waals surface area contributed by atoms with Crippen molar-refractivity contribution in [2.75, 3.05) is 0 Å². The molecule has 0 aromatic rings. The number of carbonyl (C=O) groups excluding carboxylic acids is 1. The summed E-state index contributed by atoms with van der Waals surface area (Å²) in [5, 5.41) is 0. The fourth-order valence-corrected chi connectivity index (χ4v) is 3.51. The molecule has 5 heteroatoms. The number of hydrogen-bond donors (Lipinski definition) is 1. The molecule has 3 atom stereocenters. The van der Waals surface area contributed by atoms with Crippen molar-refractivity contribution in [3.8, 4) is 0 Å². The van der Waals surface area contributed by atoms with E-state index in [9.17, 15) is 4.79 Å². The Balaban J connectivity index is 2.63. The second kappa shape index (κ2) is 8.39. The Bertz CT molecular complexity index is 454. The van der Waals surface area contributed by atoms with Gasteiger partial charge < -0.3 is 10.5 Å². The van der Waals surface area contributed by atoms with Gasteiger partial charge in [0.25, 0.3) is 0 Å². The molecule has 1 aliphatic carbocycles. The molecule has 0 bridgehead atoms. The summed E-state index contributed by atoms with van der Waals surface area (Å²) in [6.45, 7) is 13.2. The number of rotatable bonds is 8. The summed E-state index contributed by atoms with van der Waals surface area (Å²) in [5.74, 6) is 2.43. The summed E-state index contributed by atoms with van der Waals surface area (Å²) in [6, 6.07) is 0. The molecule has 3 unspecified atom stereocenters. The predicted molar refractivity (Wildman–Crippen MR) is 90.0 cm³/mol. The van der Waals surface area contributed by atoms with Crippen LogP contribution in [-0.2, 0) is 14.5 Å². The largest absolute Gasteiger partial charge is 0.462 e. The fraction of sp³-hybridized carbons (Fsp3) is 0.722. The van der Waals surface area contributed by atoms with Crippen LogP contribution in [0.4, 0.5) is 4.79 Å². The quantitative estimate of drug-likeness (QED) is 0.404. The standard InChI is InChI=1S/C18H31NO4/c1-7-18(5,6)16(12(2)3)14-8-10-15(11-9-14)21-13(4)22-23-17(19)20/h8,10-14,16H,7,9H2,1-6H3,(H2,19,20). The summed E-state index contributed by atoms with van der Waals surface area (Å²) in [5.41, 5.74) is 5.13. The highest BCUT2D eigenvalue weighted by Crippen LogP contribution is 2.43. The molecule has 0 spiro atoms. The van der Waals surface area contributed by atoms with Crippen LogP contribution >= 0.6 is 0 Å². The van der Waals surface area contributed by atoms with Crippen molar-refractivity contribution in [2.45, 2.75) is 60.7 Å². The third-order valence-corrected chi connectivity index (χ3v) is 4.66. The average molecular weight is 325 g/mol. The number of ether oxygens (including phenoxy) is 1.